The van der Waals surface area contributed by atoms with Gasteiger partial charge in [-0.2, -0.15) is 0 Å². The fraction of sp³-hybridized carbons (Fsp3) is 0.333. The average molecular weight is 348 g/mol. The highest BCUT2D eigenvalue weighted by molar-refractivity contribution is 5.96. The molecule has 2 amide bonds. The van der Waals surface area contributed by atoms with Crippen molar-refractivity contribution in [2.24, 2.45) is 0 Å². The molecule has 3 saturated heterocycles. The van der Waals surface area contributed by atoms with Gasteiger partial charge in [0.25, 0.3) is 5.91 Å². The minimum atomic E-state index is -0.573. The summed E-state index contributed by atoms with van der Waals surface area (Å²) in [5, 5.41) is 0. The molecule has 3 aliphatic rings. The van der Waals surface area contributed by atoms with Gasteiger partial charge in [0.15, 0.2) is 5.72 Å². The second-order valence-electron chi connectivity index (χ2n) is 7.15. The van der Waals surface area contributed by atoms with Crippen molar-refractivity contribution in [3.8, 4) is 11.1 Å². The first kappa shape index (κ1) is 15.6. The number of rotatable bonds is 2. The van der Waals surface area contributed by atoms with Gasteiger partial charge in [0.1, 0.15) is 0 Å². The third-order valence-electron chi connectivity index (χ3n) is 5.90. The summed E-state index contributed by atoms with van der Waals surface area (Å²) in [7, 11) is 0. The molecule has 3 aliphatic heterocycles. The Bertz CT molecular complexity index is 865. The number of hydrogen-bond acceptors (Lipinski definition) is 3. The van der Waals surface area contributed by atoms with E-state index in [2.05, 4.69) is 12.1 Å². The van der Waals surface area contributed by atoms with Crippen LogP contribution in [-0.4, -0.2) is 53.1 Å². The Labute approximate surface area is 152 Å². The Morgan fingerprint density at radius 1 is 1.00 bits per heavy atom. The van der Waals surface area contributed by atoms with Gasteiger partial charge in [-0.3, -0.25) is 9.59 Å². The highest BCUT2D eigenvalue weighted by Crippen LogP contribution is 2.45. The quantitative estimate of drug-likeness (QED) is 0.838. The molecule has 26 heavy (non-hydrogen) atoms. The van der Waals surface area contributed by atoms with Crippen LogP contribution in [0.15, 0.2) is 54.6 Å². The number of benzene rings is 2. The van der Waals surface area contributed by atoms with Gasteiger partial charge in [0.05, 0.1) is 19.1 Å². The number of amides is 2. The van der Waals surface area contributed by atoms with Crippen molar-refractivity contribution < 1.29 is 14.3 Å². The summed E-state index contributed by atoms with van der Waals surface area (Å²) < 4.78 is 5.96. The maximum Gasteiger partial charge on any atom is 0.254 e. The lowest BCUT2D eigenvalue weighted by Crippen LogP contribution is -2.48. The van der Waals surface area contributed by atoms with E-state index in [1.165, 1.54) is 0 Å². The molecule has 2 aromatic rings. The number of ether oxygens (including phenoxy) is 1. The summed E-state index contributed by atoms with van der Waals surface area (Å²) in [6, 6.07) is 17.6. The largest absolute Gasteiger partial charge is 0.351 e. The van der Waals surface area contributed by atoms with Crippen LogP contribution in [0.3, 0.4) is 0 Å². The molecule has 5 heteroatoms. The lowest BCUT2D eigenvalue weighted by atomic mass is 10.0. The number of hydrogen-bond donors (Lipinski definition) is 0. The summed E-state index contributed by atoms with van der Waals surface area (Å²) in [5.74, 6) is 0.0843. The molecule has 1 spiro atoms. The fourth-order valence-electron chi connectivity index (χ4n) is 4.64. The van der Waals surface area contributed by atoms with Gasteiger partial charge in [0.2, 0.25) is 5.91 Å². The topological polar surface area (TPSA) is 49.9 Å². The molecule has 0 unspecified atom stereocenters. The highest BCUT2D eigenvalue weighted by Gasteiger charge is 2.62. The molecule has 0 N–H and O–H groups in total. The zero-order chi connectivity index (χ0) is 17.7. The van der Waals surface area contributed by atoms with Crippen LogP contribution in [0.5, 0.6) is 0 Å². The first-order valence-electron chi connectivity index (χ1n) is 9.10. The molecule has 0 aromatic heterocycles. The third-order valence-corrected chi connectivity index (χ3v) is 5.90. The van der Waals surface area contributed by atoms with E-state index < -0.39 is 5.72 Å². The summed E-state index contributed by atoms with van der Waals surface area (Å²) in [4.78, 5) is 29.0. The molecule has 0 radical (unpaired) electrons. The second kappa shape index (κ2) is 5.68. The van der Waals surface area contributed by atoms with Crippen molar-refractivity contribution in [1.82, 2.24) is 9.80 Å². The van der Waals surface area contributed by atoms with E-state index in [9.17, 15) is 9.59 Å². The van der Waals surface area contributed by atoms with Gasteiger partial charge in [-0.05, 0) is 23.3 Å². The molecular weight excluding hydrogens is 328 g/mol. The van der Waals surface area contributed by atoms with E-state index in [-0.39, 0.29) is 17.9 Å². The predicted octanol–water partition coefficient (Wildman–Crippen LogP) is 2.53. The third kappa shape index (κ3) is 2.13. The summed E-state index contributed by atoms with van der Waals surface area (Å²) in [6.07, 6.45) is 1.07. The standard InChI is InChI=1S/C21H20N2O3/c24-19-14-18-21(23(19)12-13-26-21)10-11-22(18)20(25)17-8-6-16(7-9-17)15-4-2-1-3-5-15/h1-9,18H,10-14H2/t18-,21+/m1/s1. The van der Waals surface area contributed by atoms with E-state index >= 15 is 0 Å². The highest BCUT2D eigenvalue weighted by atomic mass is 16.5. The molecule has 3 heterocycles. The zero-order valence-electron chi connectivity index (χ0n) is 14.4. The molecule has 5 nitrogen and oxygen atoms in total. The maximum atomic E-state index is 13.1. The molecule has 0 bridgehead atoms. The Kier molecular flexibility index (Phi) is 3.40. The fourth-order valence-corrected chi connectivity index (χ4v) is 4.64. The van der Waals surface area contributed by atoms with E-state index in [1.54, 1.807) is 0 Å². The molecular formula is C21H20N2O3. The predicted molar refractivity (Wildman–Crippen MR) is 96.3 cm³/mol. The Hall–Kier alpha value is -2.66. The van der Waals surface area contributed by atoms with Gasteiger partial charge in [-0.1, -0.05) is 42.5 Å². The molecule has 5 rings (SSSR count). The van der Waals surface area contributed by atoms with Crippen molar-refractivity contribution in [3.63, 3.8) is 0 Å². The first-order chi connectivity index (χ1) is 12.7. The van der Waals surface area contributed by atoms with Crippen LogP contribution >= 0.6 is 0 Å². The first-order valence-corrected chi connectivity index (χ1v) is 9.10. The zero-order valence-corrected chi connectivity index (χ0v) is 14.4. The average Bonchev–Trinajstić information content (AvgIpc) is 3.33. The summed E-state index contributed by atoms with van der Waals surface area (Å²) in [5.41, 5.74) is 2.30. The molecule has 132 valence electrons. The smallest absolute Gasteiger partial charge is 0.254 e. The van der Waals surface area contributed by atoms with Crippen molar-refractivity contribution in [3.05, 3.63) is 60.2 Å². The van der Waals surface area contributed by atoms with E-state index in [0.29, 0.717) is 38.1 Å². The second-order valence-corrected chi connectivity index (χ2v) is 7.15. The maximum absolute atomic E-state index is 13.1. The van der Waals surface area contributed by atoms with Gasteiger partial charge in [-0.15, -0.1) is 0 Å². The molecule has 0 saturated carbocycles. The van der Waals surface area contributed by atoms with Crippen LogP contribution in [0.4, 0.5) is 0 Å². The summed E-state index contributed by atoms with van der Waals surface area (Å²) >= 11 is 0. The van der Waals surface area contributed by atoms with Crippen LogP contribution in [0.1, 0.15) is 23.2 Å². The Morgan fingerprint density at radius 2 is 1.73 bits per heavy atom. The molecule has 2 atom stereocenters. The SMILES string of the molecule is O=C(c1ccc(-c2ccccc2)cc1)N1CC[C@@]23OCCN2C(=O)C[C@@H]13. The van der Waals surface area contributed by atoms with Gasteiger partial charge in [-0.25, -0.2) is 0 Å². The van der Waals surface area contributed by atoms with Crippen LogP contribution in [0.25, 0.3) is 11.1 Å². The number of likely N-dealkylation sites (tertiary alicyclic amines) is 1. The molecule has 3 fully saturated rings. The van der Waals surface area contributed by atoms with Crippen LogP contribution < -0.4 is 0 Å². The van der Waals surface area contributed by atoms with E-state index in [1.807, 2.05) is 52.3 Å². The van der Waals surface area contributed by atoms with Crippen molar-refractivity contribution in [1.29, 1.82) is 0 Å². The minimum Gasteiger partial charge on any atom is -0.351 e. The van der Waals surface area contributed by atoms with Gasteiger partial charge >= 0.3 is 0 Å². The van der Waals surface area contributed by atoms with Gasteiger partial charge < -0.3 is 14.5 Å². The van der Waals surface area contributed by atoms with Crippen molar-refractivity contribution in [2.75, 3.05) is 19.7 Å². The van der Waals surface area contributed by atoms with Crippen LogP contribution in [0.2, 0.25) is 0 Å². The Balaban J connectivity index is 1.40. The van der Waals surface area contributed by atoms with Crippen LogP contribution in [0, 0.1) is 0 Å². The van der Waals surface area contributed by atoms with Crippen LogP contribution in [-0.2, 0) is 9.53 Å². The minimum absolute atomic E-state index is 0.0170. The number of carbonyl (C=O) groups excluding carboxylic acids is 2. The molecule has 2 aromatic carbocycles. The monoisotopic (exact) mass is 348 g/mol. The van der Waals surface area contributed by atoms with Gasteiger partial charge in [0, 0.05) is 25.1 Å². The number of nitrogens with zero attached hydrogens (tertiary/aromatic N) is 2. The summed E-state index contributed by atoms with van der Waals surface area (Å²) in [6.45, 7) is 1.84. The lowest BCUT2D eigenvalue weighted by Gasteiger charge is -2.31. The van der Waals surface area contributed by atoms with Crippen molar-refractivity contribution in [2.45, 2.75) is 24.6 Å². The van der Waals surface area contributed by atoms with E-state index in [4.69, 9.17) is 4.74 Å². The molecule has 0 aliphatic carbocycles. The lowest BCUT2D eigenvalue weighted by molar-refractivity contribution is -0.136. The number of carbonyl (C=O) groups is 2. The normalized spacial score (nSPS) is 26.9. The van der Waals surface area contributed by atoms with Crippen molar-refractivity contribution >= 4 is 11.8 Å². The Morgan fingerprint density at radius 3 is 2.50 bits per heavy atom. The van der Waals surface area contributed by atoms with E-state index in [0.717, 1.165) is 11.1 Å².